The van der Waals surface area contributed by atoms with Gasteiger partial charge in [-0.05, 0) is 37.9 Å². The molecule has 1 aromatic carbocycles. The zero-order chi connectivity index (χ0) is 7.72. The van der Waals surface area contributed by atoms with Gasteiger partial charge in [-0.2, -0.15) is 0 Å². The first-order valence-electron chi connectivity index (χ1n) is 2.37. The highest BCUT2D eigenvalue weighted by molar-refractivity contribution is 9.13. The number of halogens is 3. The second-order valence-electron chi connectivity index (χ2n) is 1.61. The third-order valence-electron chi connectivity index (χ3n) is 0.952. The molecule has 1 rings (SSSR count). The van der Waals surface area contributed by atoms with Crippen LogP contribution in [0.3, 0.4) is 0 Å². The van der Waals surface area contributed by atoms with E-state index in [0.29, 0.717) is 4.47 Å². The first-order valence-corrected chi connectivity index (χ1v) is 3.95. The summed E-state index contributed by atoms with van der Waals surface area (Å²) in [7, 11) is 0. The van der Waals surface area contributed by atoms with E-state index < -0.39 is 11.6 Å². The minimum absolute atomic E-state index is 0.285. The monoisotopic (exact) mass is 267 g/mol. The maximum atomic E-state index is 12.4. The predicted molar refractivity (Wildman–Crippen MR) is 42.3 cm³/mol. The number of phenolic OH excluding ortho intramolecular Hbond substituents is 1. The van der Waals surface area contributed by atoms with Crippen LogP contribution < -0.4 is 0 Å². The van der Waals surface area contributed by atoms with Crippen LogP contribution in [0.25, 0.3) is 0 Å². The highest BCUT2D eigenvalue weighted by Crippen LogP contribution is 2.32. The predicted octanol–water partition coefficient (Wildman–Crippen LogP) is 2.86. The lowest BCUT2D eigenvalue weighted by atomic mass is 10.3. The van der Waals surface area contributed by atoms with E-state index in [0.717, 1.165) is 6.07 Å². The Balaban J connectivity index is 3.34. The topological polar surface area (TPSA) is 20.2 Å². The van der Waals surface area contributed by atoms with E-state index in [2.05, 4.69) is 37.9 Å². The van der Waals surface area contributed by atoms with Crippen molar-refractivity contribution >= 4 is 31.9 Å². The molecule has 0 aromatic heterocycles. The average Bonchev–Trinajstić information content (AvgIpc) is 1.93. The Morgan fingerprint density at radius 1 is 1.50 bits per heavy atom. The van der Waals surface area contributed by atoms with Crippen molar-refractivity contribution in [2.75, 3.05) is 0 Å². The molecule has 0 unspecified atom stereocenters. The highest BCUT2D eigenvalue weighted by Gasteiger charge is 2.07. The van der Waals surface area contributed by atoms with Crippen molar-refractivity contribution in [2.24, 2.45) is 0 Å². The third kappa shape index (κ3) is 1.32. The average molecular weight is 269 g/mol. The van der Waals surface area contributed by atoms with E-state index in [4.69, 9.17) is 5.11 Å². The van der Waals surface area contributed by atoms with Gasteiger partial charge in [-0.3, -0.25) is 0 Å². The molecule has 10 heavy (non-hydrogen) atoms. The fraction of sp³-hybridized carbons (Fsp3) is 0. The molecule has 53 valence electrons. The Kier molecular flexibility index (Phi) is 2.31. The number of rotatable bonds is 0. The van der Waals surface area contributed by atoms with Gasteiger partial charge in [-0.1, -0.05) is 0 Å². The summed E-state index contributed by atoms with van der Waals surface area (Å²) in [6, 6.07) is 3.60. The summed E-state index contributed by atoms with van der Waals surface area (Å²) in [5, 5.41) is 8.92. The van der Waals surface area contributed by atoms with Gasteiger partial charge in [0.2, 0.25) is 0 Å². The van der Waals surface area contributed by atoms with Crippen LogP contribution in [0.15, 0.2) is 15.0 Å². The lowest BCUT2D eigenvalue weighted by Gasteiger charge is -1.98. The fourth-order valence-corrected chi connectivity index (χ4v) is 1.07. The molecule has 1 aromatic rings. The molecule has 0 atom stereocenters. The summed E-state index contributed by atoms with van der Waals surface area (Å²) in [6.45, 7) is 0. The molecule has 0 saturated carbocycles. The molecule has 0 saturated heterocycles. The summed E-state index contributed by atoms with van der Waals surface area (Å²) < 4.78 is 13.2. The van der Waals surface area contributed by atoms with Gasteiger partial charge >= 0.3 is 0 Å². The smallest absolute Gasteiger partial charge is 0.166 e. The van der Waals surface area contributed by atoms with Crippen LogP contribution in [-0.4, -0.2) is 5.11 Å². The highest BCUT2D eigenvalue weighted by atomic mass is 79.9. The quantitative estimate of drug-likeness (QED) is 0.718. The SMILES string of the molecule is Oc1c(F)c[c]c(Br)c1Br. The molecule has 0 aliphatic heterocycles. The van der Waals surface area contributed by atoms with Crippen LogP contribution in [-0.2, 0) is 0 Å². The molecular weight excluding hydrogens is 267 g/mol. The van der Waals surface area contributed by atoms with Crippen molar-refractivity contribution in [3.63, 3.8) is 0 Å². The number of hydrogen-bond donors (Lipinski definition) is 1. The minimum atomic E-state index is -0.685. The summed E-state index contributed by atoms with van der Waals surface area (Å²) in [4.78, 5) is 0. The maximum Gasteiger partial charge on any atom is 0.166 e. The lowest BCUT2D eigenvalue weighted by molar-refractivity contribution is 0.428. The second kappa shape index (κ2) is 2.88. The molecule has 0 amide bonds. The summed E-state index contributed by atoms with van der Waals surface area (Å²) in [5.74, 6) is -1.08. The van der Waals surface area contributed by atoms with Gasteiger partial charge in [0.25, 0.3) is 0 Å². The van der Waals surface area contributed by atoms with E-state index in [1.807, 2.05) is 0 Å². The van der Waals surface area contributed by atoms with E-state index in [-0.39, 0.29) is 4.47 Å². The van der Waals surface area contributed by atoms with Crippen LogP contribution in [0.1, 0.15) is 0 Å². The molecule has 1 radical (unpaired) electrons. The van der Waals surface area contributed by atoms with E-state index in [1.165, 1.54) is 0 Å². The van der Waals surface area contributed by atoms with Crippen molar-refractivity contribution < 1.29 is 9.50 Å². The fourth-order valence-electron chi connectivity index (χ4n) is 0.467. The minimum Gasteiger partial charge on any atom is -0.504 e. The van der Waals surface area contributed by atoms with Gasteiger partial charge in [0.15, 0.2) is 11.6 Å². The van der Waals surface area contributed by atoms with Gasteiger partial charge in [0, 0.05) is 10.5 Å². The van der Waals surface area contributed by atoms with Crippen molar-refractivity contribution in [3.8, 4) is 5.75 Å². The molecule has 0 aliphatic carbocycles. The van der Waals surface area contributed by atoms with Crippen LogP contribution in [0.4, 0.5) is 4.39 Å². The summed E-state index contributed by atoms with van der Waals surface area (Å²) in [6.07, 6.45) is 0. The standard InChI is InChI=1S/C6H2Br2FO/c7-3-1-2-4(9)6(10)5(3)8/h2,10H. The van der Waals surface area contributed by atoms with Crippen molar-refractivity contribution in [1.29, 1.82) is 0 Å². The number of aromatic hydroxyl groups is 1. The zero-order valence-corrected chi connectivity index (χ0v) is 7.83. The normalized spacial score (nSPS) is 9.90. The third-order valence-corrected chi connectivity index (χ3v) is 2.88. The first-order chi connectivity index (χ1) is 4.63. The second-order valence-corrected chi connectivity index (χ2v) is 3.20. The largest absolute Gasteiger partial charge is 0.504 e. The van der Waals surface area contributed by atoms with E-state index in [1.54, 1.807) is 0 Å². The lowest BCUT2D eigenvalue weighted by Crippen LogP contribution is -1.78. The van der Waals surface area contributed by atoms with Crippen molar-refractivity contribution in [1.82, 2.24) is 0 Å². The summed E-state index contributed by atoms with van der Waals surface area (Å²) >= 11 is 6.01. The Hall–Kier alpha value is -0.0900. The number of benzene rings is 1. The molecule has 1 N–H and O–H groups in total. The van der Waals surface area contributed by atoms with Crippen LogP contribution >= 0.6 is 31.9 Å². The van der Waals surface area contributed by atoms with Crippen molar-refractivity contribution in [2.45, 2.75) is 0 Å². The molecule has 0 bridgehead atoms. The van der Waals surface area contributed by atoms with Crippen molar-refractivity contribution in [3.05, 3.63) is 26.9 Å². The first kappa shape index (κ1) is 8.01. The summed E-state index contributed by atoms with van der Waals surface area (Å²) in [5.41, 5.74) is 0. The van der Waals surface area contributed by atoms with E-state index >= 15 is 0 Å². The molecule has 0 aliphatic rings. The maximum absolute atomic E-state index is 12.4. The molecule has 0 heterocycles. The van der Waals surface area contributed by atoms with Gasteiger partial charge in [0.05, 0.1) is 4.47 Å². The molecule has 1 nitrogen and oxygen atoms in total. The van der Waals surface area contributed by atoms with Crippen LogP contribution in [0, 0.1) is 11.9 Å². The van der Waals surface area contributed by atoms with Gasteiger partial charge < -0.3 is 5.11 Å². The molecule has 0 spiro atoms. The Morgan fingerprint density at radius 2 is 2.10 bits per heavy atom. The number of phenols is 1. The molecule has 0 fully saturated rings. The van der Waals surface area contributed by atoms with Gasteiger partial charge in [0.1, 0.15) is 0 Å². The van der Waals surface area contributed by atoms with Crippen LogP contribution in [0.2, 0.25) is 0 Å². The van der Waals surface area contributed by atoms with E-state index in [9.17, 15) is 4.39 Å². The van der Waals surface area contributed by atoms with Gasteiger partial charge in [-0.15, -0.1) is 0 Å². The number of hydrogen-bond acceptors (Lipinski definition) is 1. The Bertz CT molecular complexity index is 235. The van der Waals surface area contributed by atoms with Gasteiger partial charge in [-0.25, -0.2) is 4.39 Å². The molecular formula is C6H2Br2FO. The Morgan fingerprint density at radius 3 is 2.60 bits per heavy atom. The molecule has 4 heteroatoms. The Labute approximate surface area is 74.1 Å². The zero-order valence-electron chi connectivity index (χ0n) is 4.66. The van der Waals surface area contributed by atoms with Crippen LogP contribution in [0.5, 0.6) is 5.75 Å².